The maximum atomic E-state index is 11.6. The Hall–Kier alpha value is -1.85. The van der Waals surface area contributed by atoms with Crippen molar-refractivity contribution in [1.82, 2.24) is 10.6 Å². The van der Waals surface area contributed by atoms with E-state index in [1.54, 1.807) is 0 Å². The van der Waals surface area contributed by atoms with Gasteiger partial charge in [0.2, 0.25) is 0 Å². The molecule has 0 aliphatic heterocycles. The summed E-state index contributed by atoms with van der Waals surface area (Å²) in [6.45, 7) is 8.38. The minimum atomic E-state index is -1.18. The van der Waals surface area contributed by atoms with Crippen LogP contribution in [0.15, 0.2) is 11.1 Å². The number of nitrogens with one attached hydrogen (secondary N) is 2. The highest BCUT2D eigenvalue weighted by molar-refractivity contribution is 6.07. The van der Waals surface area contributed by atoms with Crippen LogP contribution in [0.25, 0.3) is 0 Å². The Morgan fingerprint density at radius 3 is 2.05 bits per heavy atom. The molecule has 0 spiro atoms. The van der Waals surface area contributed by atoms with Crippen LogP contribution in [-0.4, -0.2) is 28.6 Å². The first kappa shape index (κ1) is 17.2. The Morgan fingerprint density at radius 2 is 1.63 bits per heavy atom. The summed E-state index contributed by atoms with van der Waals surface area (Å²) in [6.07, 6.45) is 1.68. The molecule has 0 rings (SSSR count). The minimum Gasteiger partial charge on any atom is -0.478 e. The molecule has 0 saturated carbocycles. The number of imide groups is 1. The van der Waals surface area contributed by atoms with E-state index in [1.807, 2.05) is 20.8 Å². The summed E-state index contributed by atoms with van der Waals surface area (Å²) < 4.78 is 0. The van der Waals surface area contributed by atoms with Gasteiger partial charge in [-0.25, -0.2) is 9.59 Å². The minimum absolute atomic E-state index is 0.0101. The van der Waals surface area contributed by atoms with Crippen molar-refractivity contribution in [2.45, 2.75) is 53.0 Å². The number of amides is 3. The smallest absolute Gasteiger partial charge is 0.331 e. The van der Waals surface area contributed by atoms with Crippen LogP contribution < -0.4 is 10.6 Å². The molecule has 0 heterocycles. The number of hydrogen-bond donors (Lipinski definition) is 3. The topological polar surface area (TPSA) is 95.5 Å². The summed E-state index contributed by atoms with van der Waals surface area (Å²) in [7, 11) is 0. The van der Waals surface area contributed by atoms with E-state index in [-0.39, 0.29) is 11.1 Å². The maximum Gasteiger partial charge on any atom is 0.331 e. The molecule has 0 atom stereocenters. The average molecular weight is 270 g/mol. The largest absolute Gasteiger partial charge is 0.478 e. The summed E-state index contributed by atoms with van der Waals surface area (Å²) in [6, 6.07) is -0.624. The third-order valence-electron chi connectivity index (χ3n) is 2.78. The number of hydrogen-bond acceptors (Lipinski definition) is 3. The van der Waals surface area contributed by atoms with E-state index >= 15 is 0 Å². The highest BCUT2D eigenvalue weighted by Crippen LogP contribution is 2.10. The SMILES string of the molecule is CCCC(C)(C)NC(=O)NC(=O)C(C)=C(C)C(=O)O. The lowest BCUT2D eigenvalue weighted by Crippen LogP contribution is -2.50. The number of aliphatic carboxylic acids is 1. The lowest BCUT2D eigenvalue weighted by molar-refractivity contribution is -0.133. The van der Waals surface area contributed by atoms with E-state index < -0.39 is 23.4 Å². The Kier molecular flexibility index (Phi) is 6.24. The van der Waals surface area contributed by atoms with Gasteiger partial charge < -0.3 is 10.4 Å². The standard InChI is InChI=1S/C13H22N2O4/c1-6-7-13(4,5)15-12(19)14-10(16)8(2)9(3)11(17)18/h6-7H2,1-5H3,(H,17,18)(H2,14,15,16,19). The van der Waals surface area contributed by atoms with E-state index in [1.165, 1.54) is 13.8 Å². The number of carboxylic acid groups (broad SMARTS) is 1. The van der Waals surface area contributed by atoms with Crippen LogP contribution in [0.5, 0.6) is 0 Å². The summed E-state index contributed by atoms with van der Waals surface area (Å²) in [4.78, 5) is 34.0. The van der Waals surface area contributed by atoms with E-state index in [2.05, 4.69) is 10.6 Å². The zero-order valence-electron chi connectivity index (χ0n) is 12.1. The van der Waals surface area contributed by atoms with Crippen molar-refractivity contribution in [1.29, 1.82) is 0 Å². The van der Waals surface area contributed by atoms with E-state index in [0.717, 1.165) is 12.8 Å². The van der Waals surface area contributed by atoms with Crippen LogP contribution in [0.4, 0.5) is 4.79 Å². The van der Waals surface area contributed by atoms with Gasteiger partial charge in [-0.1, -0.05) is 13.3 Å². The first-order valence-corrected chi connectivity index (χ1v) is 6.15. The summed E-state index contributed by atoms with van der Waals surface area (Å²) >= 11 is 0. The first-order valence-electron chi connectivity index (χ1n) is 6.15. The molecule has 0 radical (unpaired) electrons. The number of rotatable bonds is 5. The molecular weight excluding hydrogens is 248 g/mol. The van der Waals surface area contributed by atoms with Gasteiger partial charge in [0, 0.05) is 16.7 Å². The molecule has 3 N–H and O–H groups in total. The predicted molar refractivity (Wildman–Crippen MR) is 71.7 cm³/mol. The summed E-state index contributed by atoms with van der Waals surface area (Å²) in [5, 5.41) is 13.5. The van der Waals surface area contributed by atoms with Crippen molar-refractivity contribution in [3.05, 3.63) is 11.1 Å². The predicted octanol–water partition coefficient (Wildman–Crippen LogP) is 1.81. The third kappa shape index (κ3) is 6.03. The molecule has 0 aromatic rings. The normalized spacial score (nSPS) is 12.5. The van der Waals surface area contributed by atoms with Gasteiger partial charge in [-0.2, -0.15) is 0 Å². The van der Waals surface area contributed by atoms with Crippen LogP contribution in [0.3, 0.4) is 0 Å². The quantitative estimate of drug-likeness (QED) is 0.664. The molecule has 108 valence electrons. The fourth-order valence-electron chi connectivity index (χ4n) is 1.55. The van der Waals surface area contributed by atoms with Crippen LogP contribution in [-0.2, 0) is 9.59 Å². The first-order chi connectivity index (χ1) is 8.60. The second-order valence-electron chi connectivity index (χ2n) is 5.10. The van der Waals surface area contributed by atoms with Gasteiger partial charge in [0.25, 0.3) is 5.91 Å². The van der Waals surface area contributed by atoms with Crippen LogP contribution in [0.2, 0.25) is 0 Å². The second kappa shape index (κ2) is 6.92. The van der Waals surface area contributed by atoms with Crippen molar-refractivity contribution < 1.29 is 19.5 Å². The summed E-state index contributed by atoms with van der Waals surface area (Å²) in [5.41, 5.74) is -0.493. The number of carboxylic acids is 1. The summed E-state index contributed by atoms with van der Waals surface area (Å²) in [5.74, 6) is -1.89. The Labute approximate surface area is 113 Å². The van der Waals surface area contributed by atoms with E-state index in [0.29, 0.717) is 0 Å². The fourth-order valence-corrected chi connectivity index (χ4v) is 1.55. The van der Waals surface area contributed by atoms with Gasteiger partial charge >= 0.3 is 12.0 Å². The number of carbonyl (C=O) groups excluding carboxylic acids is 2. The molecule has 0 unspecified atom stereocenters. The fraction of sp³-hybridized carbons (Fsp3) is 0.615. The molecule has 0 aromatic carbocycles. The molecular formula is C13H22N2O4. The second-order valence-corrected chi connectivity index (χ2v) is 5.10. The zero-order valence-corrected chi connectivity index (χ0v) is 12.1. The van der Waals surface area contributed by atoms with Crippen molar-refractivity contribution in [3.63, 3.8) is 0 Å². The van der Waals surface area contributed by atoms with Crippen molar-refractivity contribution >= 4 is 17.9 Å². The van der Waals surface area contributed by atoms with Crippen LogP contribution in [0, 0.1) is 0 Å². The Bertz CT molecular complexity index is 411. The number of urea groups is 1. The van der Waals surface area contributed by atoms with Crippen LogP contribution in [0.1, 0.15) is 47.5 Å². The lowest BCUT2D eigenvalue weighted by Gasteiger charge is -2.25. The van der Waals surface area contributed by atoms with Gasteiger partial charge in [-0.05, 0) is 34.1 Å². The van der Waals surface area contributed by atoms with Crippen molar-refractivity contribution in [2.75, 3.05) is 0 Å². The monoisotopic (exact) mass is 270 g/mol. The Balaban J connectivity index is 4.63. The van der Waals surface area contributed by atoms with Gasteiger partial charge in [-0.3, -0.25) is 10.1 Å². The average Bonchev–Trinajstić information content (AvgIpc) is 2.25. The molecule has 6 heteroatoms. The highest BCUT2D eigenvalue weighted by Gasteiger charge is 2.21. The van der Waals surface area contributed by atoms with Crippen molar-refractivity contribution in [2.24, 2.45) is 0 Å². The van der Waals surface area contributed by atoms with Gasteiger partial charge in [-0.15, -0.1) is 0 Å². The van der Waals surface area contributed by atoms with Gasteiger partial charge in [0.1, 0.15) is 0 Å². The molecule has 0 aliphatic carbocycles. The van der Waals surface area contributed by atoms with E-state index in [9.17, 15) is 14.4 Å². The highest BCUT2D eigenvalue weighted by atomic mass is 16.4. The lowest BCUT2D eigenvalue weighted by atomic mass is 9.99. The van der Waals surface area contributed by atoms with Gasteiger partial charge in [0.05, 0.1) is 0 Å². The van der Waals surface area contributed by atoms with Gasteiger partial charge in [0.15, 0.2) is 0 Å². The maximum absolute atomic E-state index is 11.6. The third-order valence-corrected chi connectivity index (χ3v) is 2.78. The molecule has 0 bridgehead atoms. The molecule has 19 heavy (non-hydrogen) atoms. The molecule has 0 saturated heterocycles. The molecule has 3 amide bonds. The van der Waals surface area contributed by atoms with Crippen molar-refractivity contribution in [3.8, 4) is 0 Å². The van der Waals surface area contributed by atoms with Crippen LogP contribution >= 0.6 is 0 Å². The molecule has 6 nitrogen and oxygen atoms in total. The number of carbonyl (C=O) groups is 3. The van der Waals surface area contributed by atoms with E-state index in [4.69, 9.17) is 5.11 Å². The molecule has 0 fully saturated rings. The zero-order chi connectivity index (χ0) is 15.2. The molecule has 0 aliphatic rings. The molecule has 0 aromatic heterocycles. The Morgan fingerprint density at radius 1 is 1.11 bits per heavy atom.